The van der Waals surface area contributed by atoms with Gasteiger partial charge in [-0.15, -0.1) is 0 Å². The van der Waals surface area contributed by atoms with Gasteiger partial charge in [0.2, 0.25) is 0 Å². The van der Waals surface area contributed by atoms with E-state index in [2.05, 4.69) is 5.32 Å². The highest BCUT2D eigenvalue weighted by atomic mass is 19.1. The Morgan fingerprint density at radius 3 is 2.62 bits per heavy atom. The minimum Gasteiger partial charge on any atom is -0.480 e. The van der Waals surface area contributed by atoms with Gasteiger partial charge in [-0.1, -0.05) is 13.3 Å². The number of aromatic carboxylic acids is 1. The van der Waals surface area contributed by atoms with Gasteiger partial charge in [0.1, 0.15) is 17.1 Å². The van der Waals surface area contributed by atoms with Gasteiger partial charge >= 0.3 is 5.97 Å². The van der Waals surface area contributed by atoms with Crippen molar-refractivity contribution in [3.8, 4) is 5.75 Å². The molecule has 0 heterocycles. The van der Waals surface area contributed by atoms with E-state index in [1.807, 2.05) is 13.8 Å². The highest BCUT2D eigenvalue weighted by Gasteiger charge is 2.20. The van der Waals surface area contributed by atoms with E-state index in [4.69, 9.17) is 9.84 Å². The van der Waals surface area contributed by atoms with Crippen LogP contribution in [-0.2, 0) is 4.79 Å². The third-order valence-corrected chi connectivity index (χ3v) is 2.96. The van der Waals surface area contributed by atoms with Gasteiger partial charge < -0.3 is 15.2 Å². The first kappa shape index (κ1) is 16.9. The number of carbonyl (C=O) groups is 2. The van der Waals surface area contributed by atoms with Crippen LogP contribution in [0.25, 0.3) is 0 Å². The van der Waals surface area contributed by atoms with Crippen LogP contribution in [-0.4, -0.2) is 29.1 Å². The number of carboxylic acid groups (broad SMARTS) is 1. The standard InChI is InChI=1S/C15H20FNO4/c1-4-5-9(2)17-14(18)10(3)21-13-8-11(16)6-7-12(13)15(19)20/h6-10H,4-5H2,1-3H3,(H,17,18)(H,19,20). The Hall–Kier alpha value is -2.11. The number of rotatable bonds is 7. The maximum Gasteiger partial charge on any atom is 0.339 e. The van der Waals surface area contributed by atoms with E-state index in [0.29, 0.717) is 0 Å². The first-order valence-corrected chi connectivity index (χ1v) is 6.85. The molecule has 1 rings (SSSR count). The summed E-state index contributed by atoms with van der Waals surface area (Å²) in [6, 6.07) is 3.10. The zero-order chi connectivity index (χ0) is 16.0. The highest BCUT2D eigenvalue weighted by Crippen LogP contribution is 2.21. The Kier molecular flexibility index (Phi) is 6.14. The smallest absolute Gasteiger partial charge is 0.339 e. The molecule has 0 aromatic heterocycles. The quantitative estimate of drug-likeness (QED) is 0.811. The zero-order valence-corrected chi connectivity index (χ0v) is 12.4. The lowest BCUT2D eigenvalue weighted by molar-refractivity contribution is -0.127. The van der Waals surface area contributed by atoms with Crippen LogP contribution in [0.1, 0.15) is 44.0 Å². The minimum atomic E-state index is -1.24. The normalized spacial score (nSPS) is 13.3. The van der Waals surface area contributed by atoms with Crippen LogP contribution in [0.3, 0.4) is 0 Å². The lowest BCUT2D eigenvalue weighted by Gasteiger charge is -2.19. The van der Waals surface area contributed by atoms with Crippen LogP contribution in [0.5, 0.6) is 5.75 Å². The second-order valence-electron chi connectivity index (χ2n) is 4.90. The average molecular weight is 297 g/mol. The van der Waals surface area contributed by atoms with E-state index < -0.39 is 17.9 Å². The molecule has 0 saturated carbocycles. The summed E-state index contributed by atoms with van der Waals surface area (Å²) in [4.78, 5) is 23.0. The van der Waals surface area contributed by atoms with Crippen LogP contribution in [0.4, 0.5) is 4.39 Å². The molecule has 1 aromatic rings. The SMILES string of the molecule is CCCC(C)NC(=O)C(C)Oc1cc(F)ccc1C(=O)O. The molecule has 1 amide bonds. The monoisotopic (exact) mass is 297 g/mol. The van der Waals surface area contributed by atoms with Gasteiger partial charge in [0.15, 0.2) is 6.10 Å². The van der Waals surface area contributed by atoms with E-state index in [1.54, 1.807) is 0 Å². The Labute approximate surface area is 123 Å². The fraction of sp³-hybridized carbons (Fsp3) is 0.467. The molecule has 1 aromatic carbocycles. The summed E-state index contributed by atoms with van der Waals surface area (Å²) in [6.45, 7) is 5.37. The molecule has 0 aliphatic rings. The Morgan fingerprint density at radius 1 is 1.38 bits per heavy atom. The van der Waals surface area contributed by atoms with Crippen molar-refractivity contribution in [2.24, 2.45) is 0 Å². The van der Waals surface area contributed by atoms with Crippen molar-refractivity contribution in [1.82, 2.24) is 5.32 Å². The summed E-state index contributed by atoms with van der Waals surface area (Å²) in [7, 11) is 0. The number of hydrogen-bond acceptors (Lipinski definition) is 3. The van der Waals surface area contributed by atoms with Crippen LogP contribution in [0, 0.1) is 5.82 Å². The van der Waals surface area contributed by atoms with Crippen LogP contribution in [0.15, 0.2) is 18.2 Å². The van der Waals surface area contributed by atoms with Crippen molar-refractivity contribution >= 4 is 11.9 Å². The number of amides is 1. The second-order valence-corrected chi connectivity index (χ2v) is 4.90. The van der Waals surface area contributed by atoms with E-state index in [0.717, 1.165) is 31.0 Å². The molecule has 0 aliphatic carbocycles. The summed E-state index contributed by atoms with van der Waals surface area (Å²) in [5.41, 5.74) is -0.183. The predicted molar refractivity (Wildman–Crippen MR) is 76.0 cm³/mol. The molecule has 2 unspecified atom stereocenters. The van der Waals surface area contributed by atoms with Gasteiger partial charge in [-0.25, -0.2) is 9.18 Å². The number of benzene rings is 1. The van der Waals surface area contributed by atoms with Gasteiger partial charge in [-0.3, -0.25) is 4.79 Å². The molecule has 0 saturated heterocycles. The third kappa shape index (κ3) is 5.06. The van der Waals surface area contributed by atoms with Crippen LogP contribution in [0.2, 0.25) is 0 Å². The number of carboxylic acids is 1. The Bertz CT molecular complexity index is 518. The maximum absolute atomic E-state index is 13.2. The molecule has 21 heavy (non-hydrogen) atoms. The average Bonchev–Trinajstić information content (AvgIpc) is 2.38. The van der Waals surface area contributed by atoms with Crippen LogP contribution < -0.4 is 10.1 Å². The van der Waals surface area contributed by atoms with E-state index in [9.17, 15) is 14.0 Å². The van der Waals surface area contributed by atoms with E-state index >= 15 is 0 Å². The third-order valence-electron chi connectivity index (χ3n) is 2.96. The fourth-order valence-electron chi connectivity index (χ4n) is 1.88. The summed E-state index contributed by atoms with van der Waals surface area (Å²) in [5.74, 6) is -2.39. The number of nitrogens with one attached hydrogen (secondary N) is 1. The van der Waals surface area contributed by atoms with E-state index in [-0.39, 0.29) is 23.3 Å². The van der Waals surface area contributed by atoms with Crippen molar-refractivity contribution < 1.29 is 23.8 Å². The Balaban J connectivity index is 2.78. The molecule has 6 heteroatoms. The van der Waals surface area contributed by atoms with Crippen molar-refractivity contribution in [3.63, 3.8) is 0 Å². The van der Waals surface area contributed by atoms with Gasteiger partial charge in [0.05, 0.1) is 0 Å². The molecule has 0 radical (unpaired) electrons. The molecule has 0 fully saturated rings. The molecular weight excluding hydrogens is 277 g/mol. The van der Waals surface area contributed by atoms with Gasteiger partial charge in [0, 0.05) is 12.1 Å². The fourth-order valence-corrected chi connectivity index (χ4v) is 1.88. The van der Waals surface area contributed by atoms with Crippen molar-refractivity contribution in [3.05, 3.63) is 29.6 Å². The number of halogens is 1. The first-order valence-electron chi connectivity index (χ1n) is 6.85. The topological polar surface area (TPSA) is 75.6 Å². The van der Waals surface area contributed by atoms with Gasteiger partial charge in [0.25, 0.3) is 5.91 Å². The summed E-state index contributed by atoms with van der Waals surface area (Å²) in [5, 5.41) is 11.8. The first-order chi connectivity index (χ1) is 9.85. The van der Waals surface area contributed by atoms with Crippen molar-refractivity contribution in [2.75, 3.05) is 0 Å². The van der Waals surface area contributed by atoms with Crippen molar-refractivity contribution in [1.29, 1.82) is 0 Å². The number of carbonyl (C=O) groups excluding carboxylic acids is 1. The molecule has 5 nitrogen and oxygen atoms in total. The molecule has 2 N–H and O–H groups in total. The highest BCUT2D eigenvalue weighted by molar-refractivity contribution is 5.91. The summed E-state index contributed by atoms with van der Waals surface area (Å²) >= 11 is 0. The minimum absolute atomic E-state index is 0.00000336. The van der Waals surface area contributed by atoms with E-state index in [1.165, 1.54) is 6.92 Å². The number of hydrogen-bond donors (Lipinski definition) is 2. The predicted octanol–water partition coefficient (Wildman–Crippen LogP) is 2.60. The Morgan fingerprint density at radius 2 is 2.05 bits per heavy atom. The molecule has 0 aliphatic heterocycles. The largest absolute Gasteiger partial charge is 0.480 e. The van der Waals surface area contributed by atoms with Crippen molar-refractivity contribution in [2.45, 2.75) is 45.8 Å². The second kappa shape index (κ2) is 7.61. The molecule has 116 valence electrons. The van der Waals surface area contributed by atoms with Gasteiger partial charge in [-0.2, -0.15) is 0 Å². The molecule has 0 bridgehead atoms. The van der Waals surface area contributed by atoms with Crippen LogP contribution >= 0.6 is 0 Å². The number of ether oxygens (including phenoxy) is 1. The molecule has 0 spiro atoms. The lowest BCUT2D eigenvalue weighted by Crippen LogP contribution is -2.41. The zero-order valence-electron chi connectivity index (χ0n) is 12.4. The summed E-state index contributed by atoms with van der Waals surface area (Å²) < 4.78 is 18.5. The molecular formula is C15H20FNO4. The summed E-state index contributed by atoms with van der Waals surface area (Å²) in [6.07, 6.45) is 0.854. The molecule has 2 atom stereocenters. The van der Waals surface area contributed by atoms with Gasteiger partial charge in [-0.05, 0) is 32.4 Å². The maximum atomic E-state index is 13.2. The lowest BCUT2D eigenvalue weighted by atomic mass is 10.2.